The number of hydrogen-bond acceptors (Lipinski definition) is 5. The maximum atomic E-state index is 11.4. The largest absolute Gasteiger partial charge is 0.347 e. The fourth-order valence-electron chi connectivity index (χ4n) is 1.57. The average Bonchev–Trinajstić information content (AvgIpc) is 2.85. The zero-order chi connectivity index (χ0) is 13.7. The van der Waals surface area contributed by atoms with Crippen LogP contribution in [0.5, 0.6) is 0 Å². The number of amides is 1. The lowest BCUT2D eigenvalue weighted by molar-refractivity contribution is -0.121. The first-order valence-corrected chi connectivity index (χ1v) is 6.05. The second kappa shape index (κ2) is 7.62. The van der Waals surface area contributed by atoms with Gasteiger partial charge >= 0.3 is 0 Å². The van der Waals surface area contributed by atoms with Gasteiger partial charge in [0.25, 0.3) is 0 Å². The fourth-order valence-corrected chi connectivity index (χ4v) is 1.57. The molecule has 3 N–H and O–H groups in total. The SMILES string of the molecule is CC(N)CC(=O)NCc1nc(-c2ccccc2)no1.Cl. The van der Waals surface area contributed by atoms with E-state index in [1.165, 1.54) is 0 Å². The number of nitrogens with one attached hydrogen (secondary N) is 1. The minimum Gasteiger partial charge on any atom is -0.347 e. The predicted octanol–water partition coefficient (Wildman–Crippen LogP) is 1.51. The molecule has 6 nitrogen and oxygen atoms in total. The summed E-state index contributed by atoms with van der Waals surface area (Å²) in [6.45, 7) is 1.99. The summed E-state index contributed by atoms with van der Waals surface area (Å²) in [7, 11) is 0. The van der Waals surface area contributed by atoms with Gasteiger partial charge in [-0.25, -0.2) is 0 Å². The van der Waals surface area contributed by atoms with Crippen LogP contribution in [0.25, 0.3) is 11.4 Å². The summed E-state index contributed by atoms with van der Waals surface area (Å²) < 4.78 is 5.07. The highest BCUT2D eigenvalue weighted by molar-refractivity contribution is 5.85. The fraction of sp³-hybridized carbons (Fsp3) is 0.308. The molecule has 0 spiro atoms. The Kier molecular flexibility index (Phi) is 6.14. The first-order chi connectivity index (χ1) is 9.15. The van der Waals surface area contributed by atoms with Crippen molar-refractivity contribution in [1.82, 2.24) is 15.5 Å². The van der Waals surface area contributed by atoms with Gasteiger partial charge in [-0.3, -0.25) is 4.79 Å². The highest BCUT2D eigenvalue weighted by atomic mass is 35.5. The van der Waals surface area contributed by atoms with Crippen molar-refractivity contribution in [2.45, 2.75) is 25.9 Å². The minimum atomic E-state index is -0.164. The summed E-state index contributed by atoms with van der Waals surface area (Å²) in [4.78, 5) is 15.6. The molecule has 1 aromatic heterocycles. The molecule has 2 rings (SSSR count). The van der Waals surface area contributed by atoms with Crippen molar-refractivity contribution in [3.05, 3.63) is 36.2 Å². The van der Waals surface area contributed by atoms with Crippen LogP contribution in [-0.2, 0) is 11.3 Å². The molecule has 0 fully saturated rings. The molecule has 0 aliphatic rings. The summed E-state index contributed by atoms with van der Waals surface area (Å²) in [5.41, 5.74) is 6.40. The van der Waals surface area contributed by atoms with E-state index in [1.807, 2.05) is 30.3 Å². The lowest BCUT2D eigenvalue weighted by Crippen LogP contribution is -2.29. The van der Waals surface area contributed by atoms with Gasteiger partial charge in [-0.1, -0.05) is 35.5 Å². The Hall–Kier alpha value is -1.92. The van der Waals surface area contributed by atoms with Crippen LogP contribution < -0.4 is 11.1 Å². The van der Waals surface area contributed by atoms with E-state index in [9.17, 15) is 4.79 Å². The number of nitrogens with zero attached hydrogens (tertiary/aromatic N) is 2. The molecule has 0 saturated carbocycles. The second-order valence-corrected chi connectivity index (χ2v) is 4.34. The summed E-state index contributed by atoms with van der Waals surface area (Å²) in [5.74, 6) is 0.753. The van der Waals surface area contributed by atoms with E-state index in [0.717, 1.165) is 5.56 Å². The number of halogens is 1. The number of carbonyl (C=O) groups excluding carboxylic acids is 1. The van der Waals surface area contributed by atoms with Gasteiger partial charge in [0.15, 0.2) is 0 Å². The van der Waals surface area contributed by atoms with E-state index in [-0.39, 0.29) is 37.3 Å². The Labute approximate surface area is 123 Å². The molecule has 1 heterocycles. The van der Waals surface area contributed by atoms with Gasteiger partial charge in [0.1, 0.15) is 0 Å². The summed E-state index contributed by atoms with van der Waals surface area (Å²) in [5, 5.41) is 6.54. The maximum Gasteiger partial charge on any atom is 0.246 e. The molecule has 108 valence electrons. The molecular weight excluding hydrogens is 280 g/mol. The smallest absolute Gasteiger partial charge is 0.246 e. The molecule has 0 saturated heterocycles. The lowest BCUT2D eigenvalue weighted by Gasteiger charge is -2.04. The maximum absolute atomic E-state index is 11.4. The first-order valence-electron chi connectivity index (χ1n) is 6.05. The monoisotopic (exact) mass is 296 g/mol. The predicted molar refractivity (Wildman–Crippen MR) is 77.1 cm³/mol. The number of nitrogens with two attached hydrogens (primary N) is 1. The normalized spacial score (nSPS) is 11.5. The van der Waals surface area contributed by atoms with Gasteiger partial charge in [0.05, 0.1) is 6.54 Å². The second-order valence-electron chi connectivity index (χ2n) is 4.34. The first kappa shape index (κ1) is 16.1. The summed E-state index contributed by atoms with van der Waals surface area (Å²) in [6.07, 6.45) is 0.277. The molecular formula is C13H17ClN4O2. The number of rotatable bonds is 5. The van der Waals surface area contributed by atoms with Gasteiger partial charge < -0.3 is 15.6 Å². The number of carbonyl (C=O) groups is 1. The topological polar surface area (TPSA) is 94.0 Å². The van der Waals surface area contributed by atoms with Crippen molar-refractivity contribution < 1.29 is 9.32 Å². The van der Waals surface area contributed by atoms with Crippen molar-refractivity contribution in [3.8, 4) is 11.4 Å². The van der Waals surface area contributed by atoms with Crippen molar-refractivity contribution >= 4 is 18.3 Å². The van der Waals surface area contributed by atoms with E-state index < -0.39 is 0 Å². The van der Waals surface area contributed by atoms with E-state index in [1.54, 1.807) is 6.92 Å². The molecule has 7 heteroatoms. The third-order valence-corrected chi connectivity index (χ3v) is 2.44. The molecule has 20 heavy (non-hydrogen) atoms. The van der Waals surface area contributed by atoms with Crippen LogP contribution in [0, 0.1) is 0 Å². The van der Waals surface area contributed by atoms with Gasteiger partial charge in [0.2, 0.25) is 17.6 Å². The van der Waals surface area contributed by atoms with Gasteiger partial charge in [-0.2, -0.15) is 4.98 Å². The molecule has 2 aromatic rings. The highest BCUT2D eigenvalue weighted by Gasteiger charge is 2.10. The Morgan fingerprint density at radius 1 is 1.40 bits per heavy atom. The van der Waals surface area contributed by atoms with Crippen LogP contribution >= 0.6 is 12.4 Å². The molecule has 1 unspecified atom stereocenters. The van der Waals surface area contributed by atoms with Crippen LogP contribution in [0.1, 0.15) is 19.2 Å². The zero-order valence-corrected chi connectivity index (χ0v) is 11.9. The minimum absolute atomic E-state index is 0. The third-order valence-electron chi connectivity index (χ3n) is 2.44. The lowest BCUT2D eigenvalue weighted by atomic mass is 10.2. The number of aromatic nitrogens is 2. The number of benzene rings is 1. The van der Waals surface area contributed by atoms with E-state index in [0.29, 0.717) is 11.7 Å². The van der Waals surface area contributed by atoms with Crippen molar-refractivity contribution in [1.29, 1.82) is 0 Å². The summed E-state index contributed by atoms with van der Waals surface area (Å²) >= 11 is 0. The Morgan fingerprint density at radius 2 is 2.10 bits per heavy atom. The Balaban J connectivity index is 0.00000200. The summed E-state index contributed by atoms with van der Waals surface area (Å²) in [6, 6.07) is 9.33. The molecule has 0 bridgehead atoms. The van der Waals surface area contributed by atoms with E-state index >= 15 is 0 Å². The molecule has 1 atom stereocenters. The molecule has 0 aliphatic carbocycles. The van der Waals surface area contributed by atoms with Gasteiger partial charge in [-0.15, -0.1) is 12.4 Å². The van der Waals surface area contributed by atoms with E-state index in [2.05, 4.69) is 15.5 Å². The van der Waals surface area contributed by atoms with Crippen LogP contribution in [0.15, 0.2) is 34.9 Å². The highest BCUT2D eigenvalue weighted by Crippen LogP contribution is 2.14. The van der Waals surface area contributed by atoms with Crippen LogP contribution in [0.2, 0.25) is 0 Å². The molecule has 0 aliphatic heterocycles. The standard InChI is InChI=1S/C13H16N4O2.ClH/c1-9(14)7-11(18)15-8-12-16-13(17-19-12)10-5-3-2-4-6-10;/h2-6,9H,7-8,14H2,1H3,(H,15,18);1H. The van der Waals surface area contributed by atoms with Crippen LogP contribution in [0.4, 0.5) is 0 Å². The van der Waals surface area contributed by atoms with Gasteiger partial charge in [-0.05, 0) is 6.92 Å². The molecule has 1 amide bonds. The van der Waals surface area contributed by atoms with E-state index in [4.69, 9.17) is 10.3 Å². The Morgan fingerprint density at radius 3 is 2.75 bits per heavy atom. The number of hydrogen-bond donors (Lipinski definition) is 2. The molecule has 0 radical (unpaired) electrons. The van der Waals surface area contributed by atoms with Crippen molar-refractivity contribution in [2.75, 3.05) is 0 Å². The van der Waals surface area contributed by atoms with Crippen LogP contribution in [-0.4, -0.2) is 22.1 Å². The zero-order valence-electron chi connectivity index (χ0n) is 11.1. The van der Waals surface area contributed by atoms with Gasteiger partial charge in [0, 0.05) is 18.0 Å². The Bertz CT molecular complexity index is 542. The van der Waals surface area contributed by atoms with Crippen molar-refractivity contribution in [3.63, 3.8) is 0 Å². The average molecular weight is 297 g/mol. The molecule has 1 aromatic carbocycles. The van der Waals surface area contributed by atoms with Crippen LogP contribution in [0.3, 0.4) is 0 Å². The van der Waals surface area contributed by atoms with Crippen molar-refractivity contribution in [2.24, 2.45) is 5.73 Å². The third kappa shape index (κ3) is 4.64. The quantitative estimate of drug-likeness (QED) is 0.872.